The van der Waals surface area contributed by atoms with E-state index in [4.69, 9.17) is 5.11 Å². The summed E-state index contributed by atoms with van der Waals surface area (Å²) in [6.07, 6.45) is 2.33. The van der Waals surface area contributed by atoms with Gasteiger partial charge in [0.05, 0.1) is 0 Å². The quantitative estimate of drug-likeness (QED) is 0.794. The van der Waals surface area contributed by atoms with Gasteiger partial charge in [0, 0.05) is 25.0 Å². The van der Waals surface area contributed by atoms with E-state index in [9.17, 15) is 4.79 Å². The summed E-state index contributed by atoms with van der Waals surface area (Å²) in [5, 5.41) is 8.86. The van der Waals surface area contributed by atoms with Crippen molar-refractivity contribution in [1.82, 2.24) is 9.80 Å². The van der Waals surface area contributed by atoms with Crippen LogP contribution in [0.2, 0.25) is 0 Å². The average Bonchev–Trinajstić information content (AvgIpc) is 2.13. The molecule has 1 atom stereocenters. The molecule has 1 unspecified atom stereocenters. The summed E-state index contributed by atoms with van der Waals surface area (Å²) in [5.41, 5.74) is 0.133. The minimum atomic E-state index is -0.660. The summed E-state index contributed by atoms with van der Waals surface area (Å²) in [6, 6.07) is 0. The fourth-order valence-electron chi connectivity index (χ4n) is 2.74. The molecule has 1 N–H and O–H groups in total. The number of hydrogen-bond acceptors (Lipinski definition) is 3. The molecule has 0 aromatic rings. The highest BCUT2D eigenvalue weighted by Gasteiger charge is 2.34. The van der Waals surface area contributed by atoms with E-state index in [1.165, 1.54) is 0 Å². The number of carboxylic acid groups (broad SMARTS) is 1. The van der Waals surface area contributed by atoms with Gasteiger partial charge in [-0.2, -0.15) is 0 Å². The number of piperidine rings is 1. The number of aliphatic carboxylic acids is 1. The van der Waals surface area contributed by atoms with Crippen molar-refractivity contribution in [2.24, 2.45) is 5.92 Å². The Kier molecular flexibility index (Phi) is 4.95. The number of rotatable bonds is 5. The van der Waals surface area contributed by atoms with Crippen LogP contribution < -0.4 is 0 Å². The topological polar surface area (TPSA) is 43.8 Å². The zero-order chi connectivity index (χ0) is 13.1. The van der Waals surface area contributed by atoms with E-state index in [2.05, 4.69) is 37.7 Å². The van der Waals surface area contributed by atoms with E-state index in [1.54, 1.807) is 0 Å². The van der Waals surface area contributed by atoms with Crippen molar-refractivity contribution < 1.29 is 9.90 Å². The van der Waals surface area contributed by atoms with Crippen molar-refractivity contribution >= 4 is 5.97 Å². The van der Waals surface area contributed by atoms with Gasteiger partial charge >= 0.3 is 5.97 Å². The highest BCUT2D eigenvalue weighted by molar-refractivity contribution is 5.67. The van der Waals surface area contributed by atoms with Crippen LogP contribution in [0.25, 0.3) is 0 Å². The summed E-state index contributed by atoms with van der Waals surface area (Å²) in [7, 11) is 4.17. The van der Waals surface area contributed by atoms with Gasteiger partial charge in [0.15, 0.2) is 0 Å². The first-order valence-corrected chi connectivity index (χ1v) is 6.43. The lowest BCUT2D eigenvalue weighted by Crippen LogP contribution is -2.52. The van der Waals surface area contributed by atoms with Crippen LogP contribution in [-0.4, -0.2) is 60.1 Å². The predicted molar refractivity (Wildman–Crippen MR) is 69.2 cm³/mol. The first-order chi connectivity index (χ1) is 7.81. The molecule has 1 rings (SSSR count). The number of carbonyl (C=O) groups is 1. The van der Waals surface area contributed by atoms with E-state index < -0.39 is 5.97 Å². The standard InChI is InChI=1S/C13H26N2O2/c1-13(2)10-11(9-12(16)17)5-6-15(13)8-7-14(3)4/h11H,5-10H2,1-4H3,(H,16,17). The second-order valence-corrected chi connectivity index (χ2v) is 6.06. The van der Waals surface area contributed by atoms with Gasteiger partial charge in [-0.05, 0) is 53.2 Å². The van der Waals surface area contributed by atoms with Crippen LogP contribution in [0, 0.1) is 5.92 Å². The Morgan fingerprint density at radius 2 is 2.12 bits per heavy atom. The second-order valence-electron chi connectivity index (χ2n) is 6.06. The fourth-order valence-corrected chi connectivity index (χ4v) is 2.74. The Hall–Kier alpha value is -0.610. The maximum Gasteiger partial charge on any atom is 0.303 e. The molecule has 1 heterocycles. The van der Waals surface area contributed by atoms with Crippen LogP contribution in [0.3, 0.4) is 0 Å². The number of likely N-dealkylation sites (tertiary alicyclic amines) is 1. The van der Waals surface area contributed by atoms with Crippen LogP contribution in [0.4, 0.5) is 0 Å². The van der Waals surface area contributed by atoms with Crippen LogP contribution in [0.15, 0.2) is 0 Å². The fraction of sp³-hybridized carbons (Fsp3) is 0.923. The molecule has 0 aromatic carbocycles. The molecule has 4 heteroatoms. The lowest BCUT2D eigenvalue weighted by Gasteiger charge is -2.46. The first-order valence-electron chi connectivity index (χ1n) is 6.43. The largest absolute Gasteiger partial charge is 0.481 e. The average molecular weight is 242 g/mol. The van der Waals surface area contributed by atoms with Gasteiger partial charge in [-0.15, -0.1) is 0 Å². The van der Waals surface area contributed by atoms with Gasteiger partial charge in [-0.1, -0.05) is 0 Å². The minimum absolute atomic E-state index is 0.133. The zero-order valence-electron chi connectivity index (χ0n) is 11.6. The molecular formula is C13H26N2O2. The molecule has 0 saturated carbocycles. The van der Waals surface area contributed by atoms with E-state index >= 15 is 0 Å². The summed E-state index contributed by atoms with van der Waals surface area (Å²) in [6.45, 7) is 7.62. The van der Waals surface area contributed by atoms with Crippen molar-refractivity contribution in [2.75, 3.05) is 33.7 Å². The number of likely N-dealkylation sites (N-methyl/N-ethyl adjacent to an activating group) is 1. The van der Waals surface area contributed by atoms with E-state index in [0.717, 1.165) is 32.5 Å². The van der Waals surface area contributed by atoms with E-state index in [-0.39, 0.29) is 5.54 Å². The highest BCUT2D eigenvalue weighted by Crippen LogP contribution is 2.32. The monoisotopic (exact) mass is 242 g/mol. The molecule has 0 spiro atoms. The number of hydrogen-bond donors (Lipinski definition) is 1. The van der Waals surface area contributed by atoms with Crippen molar-refractivity contribution in [3.63, 3.8) is 0 Å². The van der Waals surface area contributed by atoms with Crippen molar-refractivity contribution in [2.45, 2.75) is 38.6 Å². The van der Waals surface area contributed by atoms with Crippen LogP contribution in [0.5, 0.6) is 0 Å². The second kappa shape index (κ2) is 5.83. The third-order valence-electron chi connectivity index (χ3n) is 3.73. The van der Waals surface area contributed by atoms with Crippen molar-refractivity contribution in [3.05, 3.63) is 0 Å². The molecule has 100 valence electrons. The Bertz CT molecular complexity index is 264. The van der Waals surface area contributed by atoms with Gasteiger partial charge in [-0.3, -0.25) is 9.69 Å². The Labute approximate surface area is 105 Å². The molecule has 0 radical (unpaired) electrons. The van der Waals surface area contributed by atoms with E-state index in [1.807, 2.05) is 0 Å². The first kappa shape index (κ1) is 14.5. The Morgan fingerprint density at radius 1 is 1.47 bits per heavy atom. The van der Waals surface area contributed by atoms with Gasteiger partial charge < -0.3 is 10.0 Å². The summed E-state index contributed by atoms with van der Waals surface area (Å²) < 4.78 is 0. The molecule has 1 aliphatic heterocycles. The van der Waals surface area contributed by atoms with Gasteiger partial charge in [0.1, 0.15) is 0 Å². The predicted octanol–water partition coefficient (Wildman–Crippen LogP) is 1.51. The van der Waals surface area contributed by atoms with Crippen molar-refractivity contribution in [3.8, 4) is 0 Å². The van der Waals surface area contributed by atoms with Crippen LogP contribution in [0.1, 0.15) is 33.1 Å². The normalized spacial score (nSPS) is 25.1. The number of carboxylic acids is 1. The lowest BCUT2D eigenvalue weighted by molar-refractivity contribution is -0.138. The smallest absolute Gasteiger partial charge is 0.303 e. The lowest BCUT2D eigenvalue weighted by atomic mass is 9.81. The van der Waals surface area contributed by atoms with E-state index in [0.29, 0.717) is 12.3 Å². The molecular weight excluding hydrogens is 216 g/mol. The van der Waals surface area contributed by atoms with Crippen LogP contribution in [-0.2, 0) is 4.79 Å². The third-order valence-corrected chi connectivity index (χ3v) is 3.73. The molecule has 0 aliphatic carbocycles. The van der Waals surface area contributed by atoms with Crippen LogP contribution >= 0.6 is 0 Å². The SMILES string of the molecule is CN(C)CCN1CCC(CC(=O)O)CC1(C)C. The molecule has 0 bridgehead atoms. The van der Waals surface area contributed by atoms with Crippen molar-refractivity contribution in [1.29, 1.82) is 0 Å². The Balaban J connectivity index is 2.48. The van der Waals surface area contributed by atoms with Gasteiger partial charge in [-0.25, -0.2) is 0 Å². The molecule has 0 aromatic heterocycles. The number of nitrogens with zero attached hydrogens (tertiary/aromatic N) is 2. The summed E-state index contributed by atoms with van der Waals surface area (Å²) in [4.78, 5) is 15.4. The van der Waals surface area contributed by atoms with Gasteiger partial charge in [0.25, 0.3) is 0 Å². The maximum absolute atomic E-state index is 10.8. The van der Waals surface area contributed by atoms with Gasteiger partial charge in [0.2, 0.25) is 0 Å². The molecule has 17 heavy (non-hydrogen) atoms. The summed E-state index contributed by atoms with van der Waals surface area (Å²) in [5.74, 6) is -0.314. The molecule has 1 saturated heterocycles. The molecule has 0 amide bonds. The molecule has 4 nitrogen and oxygen atoms in total. The highest BCUT2D eigenvalue weighted by atomic mass is 16.4. The third kappa shape index (κ3) is 4.64. The molecule has 1 aliphatic rings. The summed E-state index contributed by atoms with van der Waals surface area (Å²) >= 11 is 0. The zero-order valence-corrected chi connectivity index (χ0v) is 11.6. The minimum Gasteiger partial charge on any atom is -0.481 e. The maximum atomic E-state index is 10.8. The Morgan fingerprint density at radius 3 is 2.59 bits per heavy atom. The molecule has 1 fully saturated rings.